The summed E-state index contributed by atoms with van der Waals surface area (Å²) in [6.07, 6.45) is 3.24. The van der Waals surface area contributed by atoms with Crippen LogP contribution in [0.2, 0.25) is 0 Å². The van der Waals surface area contributed by atoms with Crippen molar-refractivity contribution in [2.24, 2.45) is 5.73 Å². The standard InChI is InChI=1S/C11H21N3O2S/c1-2-17-9-4-3-8(5-9)14-11(16)7-13-10(15)6-12/h8-9H,2-7,12H2,1H3,(H,13,15)(H,14,16). The van der Waals surface area contributed by atoms with Gasteiger partial charge in [-0.1, -0.05) is 6.92 Å². The number of rotatable bonds is 6. The average Bonchev–Trinajstić information content (AvgIpc) is 2.74. The van der Waals surface area contributed by atoms with E-state index in [1.807, 2.05) is 11.8 Å². The number of thioether (sulfide) groups is 1. The molecule has 5 nitrogen and oxygen atoms in total. The van der Waals surface area contributed by atoms with E-state index in [1.165, 1.54) is 6.42 Å². The maximum Gasteiger partial charge on any atom is 0.239 e. The number of nitrogens with one attached hydrogen (secondary N) is 2. The van der Waals surface area contributed by atoms with E-state index in [-0.39, 0.29) is 30.9 Å². The number of nitrogens with two attached hydrogens (primary N) is 1. The Morgan fingerprint density at radius 1 is 1.35 bits per heavy atom. The van der Waals surface area contributed by atoms with Crippen LogP contribution >= 0.6 is 11.8 Å². The zero-order valence-corrected chi connectivity index (χ0v) is 11.0. The second kappa shape index (κ2) is 7.55. The van der Waals surface area contributed by atoms with Gasteiger partial charge < -0.3 is 16.4 Å². The smallest absolute Gasteiger partial charge is 0.239 e. The van der Waals surface area contributed by atoms with Gasteiger partial charge in [-0.2, -0.15) is 11.8 Å². The molecule has 0 aromatic rings. The summed E-state index contributed by atoms with van der Waals surface area (Å²) >= 11 is 1.95. The quantitative estimate of drug-likeness (QED) is 0.619. The summed E-state index contributed by atoms with van der Waals surface area (Å²) in [5, 5.41) is 6.07. The molecule has 6 heteroatoms. The van der Waals surface area contributed by atoms with Crippen LogP contribution < -0.4 is 16.4 Å². The Morgan fingerprint density at radius 3 is 2.76 bits per heavy atom. The second-order valence-corrected chi connectivity index (χ2v) is 5.71. The number of hydrogen-bond donors (Lipinski definition) is 3. The molecule has 0 aromatic heterocycles. The molecule has 4 N–H and O–H groups in total. The fourth-order valence-corrected chi connectivity index (χ4v) is 3.13. The molecule has 1 saturated carbocycles. The molecule has 2 unspecified atom stereocenters. The lowest BCUT2D eigenvalue weighted by molar-refractivity contribution is -0.125. The minimum Gasteiger partial charge on any atom is -0.352 e. The van der Waals surface area contributed by atoms with E-state index < -0.39 is 0 Å². The molecule has 1 aliphatic carbocycles. The van der Waals surface area contributed by atoms with Crippen LogP contribution in [0.3, 0.4) is 0 Å². The van der Waals surface area contributed by atoms with Gasteiger partial charge in [0.2, 0.25) is 11.8 Å². The van der Waals surface area contributed by atoms with Crippen molar-refractivity contribution in [1.82, 2.24) is 10.6 Å². The average molecular weight is 259 g/mol. The molecule has 1 fully saturated rings. The molecule has 1 rings (SSSR count). The molecule has 2 amide bonds. The molecule has 1 aliphatic rings. The number of carbonyl (C=O) groups is 2. The lowest BCUT2D eigenvalue weighted by Gasteiger charge is -2.13. The predicted molar refractivity (Wildman–Crippen MR) is 69.8 cm³/mol. The van der Waals surface area contributed by atoms with Gasteiger partial charge in [0, 0.05) is 11.3 Å². The summed E-state index contributed by atoms with van der Waals surface area (Å²) < 4.78 is 0. The highest BCUT2D eigenvalue weighted by Gasteiger charge is 2.25. The van der Waals surface area contributed by atoms with Gasteiger partial charge in [0.15, 0.2) is 0 Å². The molecule has 2 atom stereocenters. The van der Waals surface area contributed by atoms with Gasteiger partial charge in [0.25, 0.3) is 0 Å². The summed E-state index contributed by atoms with van der Waals surface area (Å²) in [6, 6.07) is 0.265. The van der Waals surface area contributed by atoms with Crippen molar-refractivity contribution >= 4 is 23.6 Å². The highest BCUT2D eigenvalue weighted by atomic mass is 32.2. The summed E-state index contributed by atoms with van der Waals surface area (Å²) in [4.78, 5) is 22.4. The maximum atomic E-state index is 11.5. The van der Waals surface area contributed by atoms with Crippen LogP contribution in [0.1, 0.15) is 26.2 Å². The van der Waals surface area contributed by atoms with E-state index in [4.69, 9.17) is 5.73 Å². The highest BCUT2D eigenvalue weighted by Crippen LogP contribution is 2.29. The molecular formula is C11H21N3O2S. The van der Waals surface area contributed by atoms with E-state index in [0.29, 0.717) is 5.25 Å². The molecule has 17 heavy (non-hydrogen) atoms. The van der Waals surface area contributed by atoms with Crippen LogP contribution in [0.25, 0.3) is 0 Å². The van der Waals surface area contributed by atoms with Crippen molar-refractivity contribution in [2.45, 2.75) is 37.5 Å². The minimum absolute atomic E-state index is 0.0259. The first kappa shape index (κ1) is 14.3. The Hall–Kier alpha value is -0.750. The maximum absolute atomic E-state index is 11.5. The lowest BCUT2D eigenvalue weighted by atomic mass is 10.2. The zero-order valence-electron chi connectivity index (χ0n) is 10.2. The van der Waals surface area contributed by atoms with Crippen molar-refractivity contribution in [3.8, 4) is 0 Å². The summed E-state index contributed by atoms with van der Waals surface area (Å²) in [5.74, 6) is 0.697. The van der Waals surface area contributed by atoms with Crippen molar-refractivity contribution in [1.29, 1.82) is 0 Å². The second-order valence-electron chi connectivity index (χ2n) is 4.14. The first-order chi connectivity index (χ1) is 8.15. The van der Waals surface area contributed by atoms with E-state index in [9.17, 15) is 9.59 Å². The number of hydrogen-bond acceptors (Lipinski definition) is 4. The topological polar surface area (TPSA) is 84.2 Å². The number of amides is 2. The number of carbonyl (C=O) groups excluding carboxylic acids is 2. The van der Waals surface area contributed by atoms with Gasteiger partial charge >= 0.3 is 0 Å². The van der Waals surface area contributed by atoms with Crippen molar-refractivity contribution in [2.75, 3.05) is 18.8 Å². The molecule has 0 aromatic carbocycles. The predicted octanol–water partition coefficient (Wildman–Crippen LogP) is -0.148. The highest BCUT2D eigenvalue weighted by molar-refractivity contribution is 7.99. The Morgan fingerprint density at radius 2 is 2.12 bits per heavy atom. The molecule has 0 saturated heterocycles. The van der Waals surface area contributed by atoms with Crippen molar-refractivity contribution < 1.29 is 9.59 Å². The SMILES string of the molecule is CCSC1CCC(NC(=O)CNC(=O)CN)C1. The largest absolute Gasteiger partial charge is 0.352 e. The molecule has 0 aliphatic heterocycles. The first-order valence-corrected chi connectivity index (χ1v) is 7.08. The van der Waals surface area contributed by atoms with Crippen LogP contribution in [0.5, 0.6) is 0 Å². The minimum atomic E-state index is -0.300. The Labute approximate surface area is 106 Å². The molecule has 0 radical (unpaired) electrons. The molecular weight excluding hydrogens is 238 g/mol. The van der Waals surface area contributed by atoms with E-state index in [1.54, 1.807) is 0 Å². The van der Waals surface area contributed by atoms with Crippen LogP contribution in [0.4, 0.5) is 0 Å². The van der Waals surface area contributed by atoms with Gasteiger partial charge in [-0.05, 0) is 25.0 Å². The zero-order chi connectivity index (χ0) is 12.7. The molecule has 0 spiro atoms. The Kier molecular flexibility index (Phi) is 6.36. The summed E-state index contributed by atoms with van der Waals surface area (Å²) in [6.45, 7) is 2.10. The van der Waals surface area contributed by atoms with E-state index in [0.717, 1.165) is 18.6 Å². The van der Waals surface area contributed by atoms with Crippen LogP contribution in [-0.4, -0.2) is 41.9 Å². The van der Waals surface area contributed by atoms with E-state index >= 15 is 0 Å². The van der Waals surface area contributed by atoms with Gasteiger partial charge in [-0.15, -0.1) is 0 Å². The summed E-state index contributed by atoms with van der Waals surface area (Å²) in [7, 11) is 0. The Balaban J connectivity index is 2.17. The normalized spacial score (nSPS) is 23.4. The van der Waals surface area contributed by atoms with Crippen LogP contribution in [0.15, 0.2) is 0 Å². The molecule has 98 valence electrons. The third kappa shape index (κ3) is 5.41. The van der Waals surface area contributed by atoms with E-state index in [2.05, 4.69) is 17.6 Å². The molecule has 0 heterocycles. The first-order valence-electron chi connectivity index (χ1n) is 6.03. The lowest BCUT2D eigenvalue weighted by Crippen LogP contribution is -2.42. The van der Waals surface area contributed by atoms with Gasteiger partial charge in [-0.25, -0.2) is 0 Å². The van der Waals surface area contributed by atoms with Gasteiger partial charge in [-0.3, -0.25) is 9.59 Å². The van der Waals surface area contributed by atoms with Gasteiger partial charge in [0.05, 0.1) is 13.1 Å². The monoisotopic (exact) mass is 259 g/mol. The van der Waals surface area contributed by atoms with Crippen LogP contribution in [-0.2, 0) is 9.59 Å². The third-order valence-corrected chi connectivity index (χ3v) is 4.02. The van der Waals surface area contributed by atoms with Crippen molar-refractivity contribution in [3.05, 3.63) is 0 Å². The third-order valence-electron chi connectivity index (χ3n) is 2.78. The van der Waals surface area contributed by atoms with Crippen LogP contribution in [0, 0.1) is 0 Å². The Bertz CT molecular complexity index is 273. The molecule has 0 bridgehead atoms. The fraction of sp³-hybridized carbons (Fsp3) is 0.818. The van der Waals surface area contributed by atoms with Gasteiger partial charge in [0.1, 0.15) is 0 Å². The fourth-order valence-electron chi connectivity index (χ4n) is 1.99. The van der Waals surface area contributed by atoms with Crippen molar-refractivity contribution in [3.63, 3.8) is 0 Å². The summed E-state index contributed by atoms with van der Waals surface area (Å²) in [5.41, 5.74) is 5.13.